The SMILES string of the molecule is C=NCn1c2ccccc2c2cc(-c3ccccc3)ccc21. The number of aromatic nitrogens is 1. The molecular weight excluding hydrogens is 268 g/mol. The first-order valence-corrected chi connectivity index (χ1v) is 7.37. The second-order valence-electron chi connectivity index (χ2n) is 5.41. The van der Waals surface area contributed by atoms with Gasteiger partial charge in [0.05, 0.1) is 11.0 Å². The Bertz CT molecular complexity index is 965. The summed E-state index contributed by atoms with van der Waals surface area (Å²) in [7, 11) is 0. The lowest BCUT2D eigenvalue weighted by Gasteiger charge is -2.04. The molecule has 0 radical (unpaired) electrons. The molecule has 106 valence electrons. The van der Waals surface area contributed by atoms with Crippen molar-refractivity contribution in [1.82, 2.24) is 4.57 Å². The molecule has 0 amide bonds. The quantitative estimate of drug-likeness (QED) is 0.465. The van der Waals surface area contributed by atoms with Gasteiger partial charge in [0.1, 0.15) is 6.67 Å². The van der Waals surface area contributed by atoms with Crippen LogP contribution >= 0.6 is 0 Å². The Morgan fingerprint density at radius 2 is 1.45 bits per heavy atom. The summed E-state index contributed by atoms with van der Waals surface area (Å²) in [6, 6.07) is 25.6. The molecule has 4 rings (SSSR count). The second kappa shape index (κ2) is 5.15. The summed E-state index contributed by atoms with van der Waals surface area (Å²) in [5, 5.41) is 2.53. The van der Waals surface area contributed by atoms with Gasteiger partial charge in [-0.3, -0.25) is 4.99 Å². The van der Waals surface area contributed by atoms with E-state index in [1.807, 2.05) is 6.07 Å². The van der Waals surface area contributed by atoms with Gasteiger partial charge in [0.15, 0.2) is 0 Å². The highest BCUT2D eigenvalue weighted by molar-refractivity contribution is 6.09. The predicted octanol–water partition coefficient (Wildman–Crippen LogP) is 5.12. The highest BCUT2D eigenvalue weighted by Gasteiger charge is 2.10. The molecule has 0 aliphatic carbocycles. The summed E-state index contributed by atoms with van der Waals surface area (Å²) in [6.45, 7) is 4.22. The molecule has 4 aromatic rings. The molecule has 0 fully saturated rings. The van der Waals surface area contributed by atoms with Crippen molar-refractivity contribution in [2.45, 2.75) is 6.67 Å². The smallest absolute Gasteiger partial charge is 0.114 e. The van der Waals surface area contributed by atoms with Crippen LogP contribution in [0.4, 0.5) is 0 Å². The van der Waals surface area contributed by atoms with Crippen LogP contribution in [-0.4, -0.2) is 11.3 Å². The maximum absolute atomic E-state index is 4.07. The van der Waals surface area contributed by atoms with E-state index in [2.05, 4.69) is 83.0 Å². The van der Waals surface area contributed by atoms with Crippen LogP contribution in [0.3, 0.4) is 0 Å². The average Bonchev–Trinajstić information content (AvgIpc) is 2.90. The number of nitrogens with zero attached hydrogens (tertiary/aromatic N) is 2. The molecule has 1 heterocycles. The minimum Gasteiger partial charge on any atom is -0.320 e. The second-order valence-corrected chi connectivity index (χ2v) is 5.41. The summed E-state index contributed by atoms with van der Waals surface area (Å²) in [4.78, 5) is 4.07. The number of hydrogen-bond acceptors (Lipinski definition) is 1. The van der Waals surface area contributed by atoms with Crippen molar-refractivity contribution in [2.75, 3.05) is 0 Å². The Morgan fingerprint density at radius 1 is 0.727 bits per heavy atom. The third-order valence-electron chi connectivity index (χ3n) is 4.12. The fourth-order valence-electron chi connectivity index (χ4n) is 3.12. The molecule has 2 nitrogen and oxygen atoms in total. The van der Waals surface area contributed by atoms with Crippen molar-refractivity contribution < 1.29 is 0 Å². The van der Waals surface area contributed by atoms with Gasteiger partial charge in [0.25, 0.3) is 0 Å². The maximum atomic E-state index is 4.07. The van der Waals surface area contributed by atoms with Crippen molar-refractivity contribution in [3.8, 4) is 11.1 Å². The van der Waals surface area contributed by atoms with Crippen molar-refractivity contribution in [3.63, 3.8) is 0 Å². The van der Waals surface area contributed by atoms with E-state index >= 15 is 0 Å². The zero-order chi connectivity index (χ0) is 14.9. The molecule has 0 atom stereocenters. The van der Waals surface area contributed by atoms with Crippen LogP contribution in [0.1, 0.15) is 0 Å². The minimum atomic E-state index is 0.578. The summed E-state index contributed by atoms with van der Waals surface area (Å²) in [5.74, 6) is 0. The Morgan fingerprint density at radius 3 is 2.27 bits per heavy atom. The van der Waals surface area contributed by atoms with Gasteiger partial charge < -0.3 is 4.57 Å². The van der Waals surface area contributed by atoms with Gasteiger partial charge in [-0.25, -0.2) is 0 Å². The van der Waals surface area contributed by atoms with Crippen LogP contribution in [0.5, 0.6) is 0 Å². The first kappa shape index (κ1) is 12.8. The van der Waals surface area contributed by atoms with Crippen LogP contribution in [0.15, 0.2) is 77.8 Å². The first-order chi connectivity index (χ1) is 10.9. The van der Waals surface area contributed by atoms with Gasteiger partial charge in [0, 0.05) is 10.8 Å². The third kappa shape index (κ3) is 1.92. The molecule has 0 N–H and O–H groups in total. The summed E-state index contributed by atoms with van der Waals surface area (Å²) < 4.78 is 2.21. The normalized spacial score (nSPS) is 11.1. The average molecular weight is 284 g/mol. The Hall–Kier alpha value is -2.87. The van der Waals surface area contributed by atoms with Gasteiger partial charge in [0.2, 0.25) is 0 Å². The summed E-state index contributed by atoms with van der Waals surface area (Å²) >= 11 is 0. The van der Waals surface area contributed by atoms with Crippen molar-refractivity contribution in [3.05, 3.63) is 72.8 Å². The summed E-state index contributed by atoms with van der Waals surface area (Å²) in [6.07, 6.45) is 0. The Labute approximate surface area is 129 Å². The molecule has 0 bridgehead atoms. The van der Waals surface area contributed by atoms with Crippen LogP contribution < -0.4 is 0 Å². The highest BCUT2D eigenvalue weighted by atomic mass is 15.1. The molecule has 1 aromatic heterocycles. The van der Waals surface area contributed by atoms with E-state index in [0.29, 0.717) is 6.67 Å². The molecule has 2 heteroatoms. The van der Waals surface area contributed by atoms with E-state index in [9.17, 15) is 0 Å². The van der Waals surface area contributed by atoms with Crippen LogP contribution in [0, 0.1) is 0 Å². The third-order valence-corrected chi connectivity index (χ3v) is 4.12. The lowest BCUT2D eigenvalue weighted by atomic mass is 10.0. The van der Waals surface area contributed by atoms with Gasteiger partial charge >= 0.3 is 0 Å². The van der Waals surface area contributed by atoms with E-state index in [4.69, 9.17) is 0 Å². The molecule has 0 spiro atoms. The van der Waals surface area contributed by atoms with Crippen LogP contribution in [0.25, 0.3) is 32.9 Å². The van der Waals surface area contributed by atoms with E-state index in [-0.39, 0.29) is 0 Å². The van der Waals surface area contributed by atoms with Gasteiger partial charge in [-0.05, 0) is 36.0 Å². The molecule has 0 saturated heterocycles. The van der Waals surface area contributed by atoms with Crippen molar-refractivity contribution >= 4 is 28.5 Å². The Kier molecular flexibility index (Phi) is 3.01. The monoisotopic (exact) mass is 284 g/mol. The molecule has 0 aliphatic rings. The maximum Gasteiger partial charge on any atom is 0.114 e. The predicted molar refractivity (Wildman–Crippen MR) is 94.4 cm³/mol. The van der Waals surface area contributed by atoms with Crippen LogP contribution in [-0.2, 0) is 6.67 Å². The topological polar surface area (TPSA) is 17.3 Å². The van der Waals surface area contributed by atoms with Gasteiger partial charge in [-0.1, -0.05) is 54.6 Å². The fourth-order valence-corrected chi connectivity index (χ4v) is 3.12. The zero-order valence-corrected chi connectivity index (χ0v) is 12.2. The highest BCUT2D eigenvalue weighted by Crippen LogP contribution is 2.32. The van der Waals surface area contributed by atoms with E-state index < -0.39 is 0 Å². The molecular formula is C20H16N2. The summed E-state index contributed by atoms with van der Waals surface area (Å²) in [5.41, 5.74) is 4.88. The largest absolute Gasteiger partial charge is 0.320 e. The first-order valence-electron chi connectivity index (χ1n) is 7.37. The number of rotatable bonds is 3. The van der Waals surface area contributed by atoms with Crippen LogP contribution in [0.2, 0.25) is 0 Å². The number of para-hydroxylation sites is 1. The number of benzene rings is 3. The molecule has 0 saturated carbocycles. The van der Waals surface area contributed by atoms with E-state index in [1.54, 1.807) is 0 Å². The standard InChI is InChI=1S/C20H16N2/c1-21-14-22-19-10-6-5-9-17(19)18-13-16(11-12-20(18)22)15-7-3-2-4-8-15/h2-13H,1,14H2. The lowest BCUT2D eigenvalue weighted by molar-refractivity contribution is 0.799. The van der Waals surface area contributed by atoms with E-state index in [0.717, 1.165) is 0 Å². The molecule has 0 unspecified atom stereocenters. The molecule has 22 heavy (non-hydrogen) atoms. The zero-order valence-electron chi connectivity index (χ0n) is 12.2. The number of fused-ring (bicyclic) bond motifs is 3. The number of aliphatic imine (C=N–C) groups is 1. The fraction of sp³-hybridized carbons (Fsp3) is 0.0500. The Balaban J connectivity index is 2.04. The van der Waals surface area contributed by atoms with Crippen molar-refractivity contribution in [1.29, 1.82) is 0 Å². The van der Waals surface area contributed by atoms with E-state index in [1.165, 1.54) is 32.9 Å². The van der Waals surface area contributed by atoms with Crippen molar-refractivity contribution in [2.24, 2.45) is 4.99 Å². The molecule has 0 aliphatic heterocycles. The minimum absolute atomic E-state index is 0.578. The number of hydrogen-bond donors (Lipinski definition) is 0. The molecule has 3 aromatic carbocycles. The van der Waals surface area contributed by atoms with Gasteiger partial charge in [-0.2, -0.15) is 0 Å². The lowest BCUT2D eigenvalue weighted by Crippen LogP contribution is -1.93. The van der Waals surface area contributed by atoms with Gasteiger partial charge in [-0.15, -0.1) is 0 Å².